The highest BCUT2D eigenvalue weighted by Crippen LogP contribution is 2.24. The van der Waals surface area contributed by atoms with E-state index < -0.39 is 0 Å². The summed E-state index contributed by atoms with van der Waals surface area (Å²) in [6.45, 7) is 8.74. The van der Waals surface area contributed by atoms with E-state index in [9.17, 15) is 0 Å². The van der Waals surface area contributed by atoms with Gasteiger partial charge in [-0.05, 0) is 30.9 Å². The summed E-state index contributed by atoms with van der Waals surface area (Å²) in [7, 11) is 0. The van der Waals surface area contributed by atoms with Crippen molar-refractivity contribution in [1.82, 2.24) is 14.8 Å². The third kappa shape index (κ3) is 2.94. The predicted molar refractivity (Wildman–Crippen MR) is 63.2 cm³/mol. The van der Waals surface area contributed by atoms with Crippen LogP contribution in [-0.4, -0.2) is 14.8 Å². The van der Waals surface area contributed by atoms with Gasteiger partial charge in [0.2, 0.25) is 5.28 Å². The lowest BCUT2D eigenvalue weighted by atomic mass is 10.0. The second kappa shape index (κ2) is 5.50. The molecule has 0 aromatic carbocycles. The zero-order chi connectivity index (χ0) is 11.4. The van der Waals surface area contributed by atoms with Crippen LogP contribution in [0.25, 0.3) is 0 Å². The summed E-state index contributed by atoms with van der Waals surface area (Å²) < 4.78 is 2.05. The van der Waals surface area contributed by atoms with E-state index in [2.05, 4.69) is 37.9 Å². The highest BCUT2D eigenvalue weighted by molar-refractivity contribution is 6.28. The van der Waals surface area contributed by atoms with Gasteiger partial charge >= 0.3 is 0 Å². The van der Waals surface area contributed by atoms with E-state index in [1.807, 2.05) is 4.57 Å². The van der Waals surface area contributed by atoms with Gasteiger partial charge in [-0.1, -0.05) is 27.2 Å². The predicted octanol–water partition coefficient (Wildman–Crippen LogP) is 3.49. The quantitative estimate of drug-likeness (QED) is 0.774. The van der Waals surface area contributed by atoms with Crippen LogP contribution in [0, 0.1) is 5.92 Å². The molecule has 0 spiro atoms. The Bertz CT molecular complexity index is 309. The SMILES string of the molecule is CCc1nnc(Cl)n1C(C)CC(C)CC. The summed E-state index contributed by atoms with van der Waals surface area (Å²) in [5.41, 5.74) is 0. The van der Waals surface area contributed by atoms with Gasteiger partial charge < -0.3 is 0 Å². The molecule has 0 N–H and O–H groups in total. The zero-order valence-corrected chi connectivity index (χ0v) is 10.8. The van der Waals surface area contributed by atoms with Crippen LogP contribution in [0.5, 0.6) is 0 Å². The van der Waals surface area contributed by atoms with Crippen molar-refractivity contribution in [3.05, 3.63) is 11.1 Å². The number of hydrogen-bond donors (Lipinski definition) is 0. The van der Waals surface area contributed by atoms with Gasteiger partial charge in [0, 0.05) is 12.5 Å². The first kappa shape index (κ1) is 12.5. The Balaban J connectivity index is 2.80. The number of hydrogen-bond acceptors (Lipinski definition) is 2. The molecular weight excluding hydrogens is 210 g/mol. The smallest absolute Gasteiger partial charge is 0.225 e. The van der Waals surface area contributed by atoms with Crippen LogP contribution in [0.4, 0.5) is 0 Å². The van der Waals surface area contributed by atoms with E-state index >= 15 is 0 Å². The molecule has 0 aliphatic heterocycles. The third-order valence-electron chi connectivity index (χ3n) is 2.92. The Morgan fingerprint density at radius 2 is 1.93 bits per heavy atom. The van der Waals surface area contributed by atoms with Gasteiger partial charge in [0.15, 0.2) is 0 Å². The van der Waals surface area contributed by atoms with E-state index in [4.69, 9.17) is 11.6 Å². The molecule has 0 saturated carbocycles. The third-order valence-corrected chi connectivity index (χ3v) is 3.18. The maximum atomic E-state index is 6.03. The molecule has 0 aliphatic rings. The molecule has 1 rings (SSSR count). The Morgan fingerprint density at radius 1 is 1.27 bits per heavy atom. The lowest BCUT2D eigenvalue weighted by molar-refractivity contribution is 0.391. The molecular formula is C11H20ClN3. The number of rotatable bonds is 5. The zero-order valence-electron chi connectivity index (χ0n) is 10.00. The van der Waals surface area contributed by atoms with Gasteiger partial charge in [-0.15, -0.1) is 10.2 Å². The second-order valence-corrected chi connectivity index (χ2v) is 4.55. The van der Waals surface area contributed by atoms with Crippen molar-refractivity contribution >= 4 is 11.6 Å². The first-order valence-corrected chi connectivity index (χ1v) is 6.07. The van der Waals surface area contributed by atoms with Crippen LogP contribution >= 0.6 is 11.6 Å². The fraction of sp³-hybridized carbons (Fsp3) is 0.818. The summed E-state index contributed by atoms with van der Waals surface area (Å²) in [4.78, 5) is 0. The molecule has 1 aromatic heterocycles. The maximum absolute atomic E-state index is 6.03. The molecule has 1 aromatic rings. The van der Waals surface area contributed by atoms with Gasteiger partial charge in [0.25, 0.3) is 0 Å². The monoisotopic (exact) mass is 229 g/mol. The average molecular weight is 230 g/mol. The average Bonchev–Trinajstić information content (AvgIpc) is 2.59. The van der Waals surface area contributed by atoms with Crippen LogP contribution in [0.3, 0.4) is 0 Å². The maximum Gasteiger partial charge on any atom is 0.225 e. The van der Waals surface area contributed by atoms with E-state index in [0.29, 0.717) is 17.2 Å². The van der Waals surface area contributed by atoms with E-state index in [1.54, 1.807) is 0 Å². The molecule has 0 aliphatic carbocycles. The van der Waals surface area contributed by atoms with E-state index in [0.717, 1.165) is 18.7 Å². The number of nitrogens with zero attached hydrogens (tertiary/aromatic N) is 3. The molecule has 86 valence electrons. The molecule has 0 saturated heterocycles. The van der Waals surface area contributed by atoms with Gasteiger partial charge in [0.05, 0.1) is 0 Å². The van der Waals surface area contributed by atoms with Crippen LogP contribution in [-0.2, 0) is 6.42 Å². The summed E-state index contributed by atoms with van der Waals surface area (Å²) in [5, 5.41) is 8.51. The van der Waals surface area contributed by atoms with Crippen LogP contribution in [0.2, 0.25) is 5.28 Å². The first-order valence-electron chi connectivity index (χ1n) is 5.69. The van der Waals surface area contributed by atoms with Crippen molar-refractivity contribution in [2.45, 2.75) is 53.0 Å². The Morgan fingerprint density at radius 3 is 2.47 bits per heavy atom. The molecule has 2 unspecified atom stereocenters. The summed E-state index contributed by atoms with van der Waals surface area (Å²) in [6, 6.07) is 0.386. The Hall–Kier alpha value is -0.570. The highest BCUT2D eigenvalue weighted by atomic mass is 35.5. The minimum Gasteiger partial charge on any atom is -0.299 e. The molecule has 0 radical (unpaired) electrons. The van der Waals surface area contributed by atoms with Crippen LogP contribution < -0.4 is 0 Å². The van der Waals surface area contributed by atoms with Crippen molar-refractivity contribution in [2.24, 2.45) is 5.92 Å². The molecule has 4 heteroatoms. The van der Waals surface area contributed by atoms with Crippen molar-refractivity contribution < 1.29 is 0 Å². The summed E-state index contributed by atoms with van der Waals surface area (Å²) >= 11 is 6.03. The topological polar surface area (TPSA) is 30.7 Å². The lowest BCUT2D eigenvalue weighted by Crippen LogP contribution is -2.12. The van der Waals surface area contributed by atoms with Crippen molar-refractivity contribution in [2.75, 3.05) is 0 Å². The van der Waals surface area contributed by atoms with Crippen LogP contribution in [0.15, 0.2) is 0 Å². The molecule has 3 nitrogen and oxygen atoms in total. The molecule has 2 atom stereocenters. The van der Waals surface area contributed by atoms with Gasteiger partial charge in [0.1, 0.15) is 5.82 Å². The molecule has 0 bridgehead atoms. The molecule has 0 amide bonds. The second-order valence-electron chi connectivity index (χ2n) is 4.21. The lowest BCUT2D eigenvalue weighted by Gasteiger charge is -2.19. The Kier molecular flexibility index (Phi) is 4.58. The minimum absolute atomic E-state index is 0.386. The van der Waals surface area contributed by atoms with Gasteiger partial charge in [-0.25, -0.2) is 0 Å². The summed E-state index contributed by atoms with van der Waals surface area (Å²) in [6.07, 6.45) is 3.21. The largest absolute Gasteiger partial charge is 0.299 e. The number of aromatic nitrogens is 3. The fourth-order valence-electron chi connectivity index (χ4n) is 1.83. The van der Waals surface area contributed by atoms with Gasteiger partial charge in [-0.2, -0.15) is 0 Å². The standard InChI is InChI=1S/C11H20ClN3/c1-5-8(3)7-9(4)15-10(6-2)13-14-11(15)12/h8-9H,5-7H2,1-4H3. The number of halogens is 1. The normalized spacial score (nSPS) is 15.3. The van der Waals surface area contributed by atoms with Crippen molar-refractivity contribution in [3.63, 3.8) is 0 Å². The van der Waals surface area contributed by atoms with Crippen LogP contribution in [0.1, 0.15) is 52.4 Å². The first-order chi connectivity index (χ1) is 7.10. The minimum atomic E-state index is 0.386. The Labute approximate surface area is 96.8 Å². The van der Waals surface area contributed by atoms with E-state index in [-0.39, 0.29) is 0 Å². The molecule has 15 heavy (non-hydrogen) atoms. The van der Waals surface area contributed by atoms with Gasteiger partial charge in [-0.3, -0.25) is 4.57 Å². The molecule has 0 fully saturated rings. The van der Waals surface area contributed by atoms with Crippen molar-refractivity contribution in [1.29, 1.82) is 0 Å². The number of aryl methyl sites for hydroxylation is 1. The van der Waals surface area contributed by atoms with E-state index in [1.165, 1.54) is 6.42 Å². The molecule has 1 heterocycles. The summed E-state index contributed by atoms with van der Waals surface area (Å²) in [5.74, 6) is 1.69. The van der Waals surface area contributed by atoms with Crippen molar-refractivity contribution in [3.8, 4) is 0 Å². The fourth-order valence-corrected chi connectivity index (χ4v) is 2.14. The highest BCUT2D eigenvalue weighted by Gasteiger charge is 2.16.